The van der Waals surface area contributed by atoms with E-state index in [-0.39, 0.29) is 17.1 Å². The monoisotopic (exact) mass is 392 g/mol. The molecule has 1 N–H and O–H groups in total. The van der Waals surface area contributed by atoms with Crippen LogP contribution in [0.4, 0.5) is 4.79 Å². The van der Waals surface area contributed by atoms with E-state index in [0.717, 1.165) is 15.7 Å². The molecule has 0 bridgehead atoms. The molecule has 3 aromatic carbocycles. The standard InChI is InChI=1S/C22H17ClN2O3/c1-22(17-11-6-8-14-7-2-3-9-15(14)17)20(27)25(21(28)24-22)13-19(26)16-10-4-5-12-18(16)23/h2-12H,13H2,1H3,(H,24,28)/t22-/m1/s1. The molecular formula is C22H17ClN2O3. The number of nitrogens with one attached hydrogen (secondary N) is 1. The van der Waals surface area contributed by atoms with Gasteiger partial charge in [-0.3, -0.25) is 14.5 Å². The minimum absolute atomic E-state index is 0.281. The molecule has 5 nitrogen and oxygen atoms in total. The van der Waals surface area contributed by atoms with Gasteiger partial charge in [-0.25, -0.2) is 4.79 Å². The number of hydrogen-bond acceptors (Lipinski definition) is 3. The number of hydrogen-bond donors (Lipinski definition) is 1. The van der Waals surface area contributed by atoms with Crippen molar-refractivity contribution in [2.45, 2.75) is 12.5 Å². The number of imide groups is 1. The van der Waals surface area contributed by atoms with Crippen molar-refractivity contribution in [3.63, 3.8) is 0 Å². The van der Waals surface area contributed by atoms with Gasteiger partial charge in [0.2, 0.25) is 0 Å². The van der Waals surface area contributed by atoms with E-state index >= 15 is 0 Å². The number of rotatable bonds is 4. The summed E-state index contributed by atoms with van der Waals surface area (Å²) in [5.74, 6) is -0.856. The van der Waals surface area contributed by atoms with Gasteiger partial charge in [0.25, 0.3) is 5.91 Å². The molecule has 0 spiro atoms. The molecule has 0 aromatic heterocycles. The first-order valence-corrected chi connectivity index (χ1v) is 9.20. The van der Waals surface area contributed by atoms with Crippen LogP contribution in [0.2, 0.25) is 5.02 Å². The number of urea groups is 1. The largest absolute Gasteiger partial charge is 0.325 e. The molecule has 0 radical (unpaired) electrons. The fraction of sp³-hybridized carbons (Fsp3) is 0.136. The quantitative estimate of drug-likeness (QED) is 0.536. The Morgan fingerprint density at radius 2 is 1.68 bits per heavy atom. The summed E-state index contributed by atoms with van der Waals surface area (Å²) in [6.45, 7) is 1.30. The Labute approximate surface area is 166 Å². The maximum atomic E-state index is 13.2. The zero-order valence-corrected chi connectivity index (χ0v) is 15.9. The Kier molecular flexibility index (Phi) is 4.40. The number of ketones is 1. The molecule has 28 heavy (non-hydrogen) atoms. The summed E-state index contributed by atoms with van der Waals surface area (Å²) in [6.07, 6.45) is 0. The van der Waals surface area contributed by atoms with Crippen molar-refractivity contribution in [3.05, 3.63) is 82.9 Å². The van der Waals surface area contributed by atoms with E-state index in [9.17, 15) is 14.4 Å². The van der Waals surface area contributed by atoms with E-state index in [4.69, 9.17) is 11.6 Å². The Morgan fingerprint density at radius 3 is 2.46 bits per heavy atom. The van der Waals surface area contributed by atoms with Crippen LogP contribution in [0.15, 0.2) is 66.7 Å². The number of carbonyl (C=O) groups excluding carboxylic acids is 3. The second-order valence-electron chi connectivity index (χ2n) is 6.88. The molecule has 1 saturated heterocycles. The van der Waals surface area contributed by atoms with Crippen molar-refractivity contribution in [2.24, 2.45) is 0 Å². The summed E-state index contributed by atoms with van der Waals surface area (Å²) < 4.78 is 0. The van der Waals surface area contributed by atoms with Crippen molar-refractivity contribution in [2.75, 3.05) is 6.54 Å². The summed E-state index contributed by atoms with van der Waals surface area (Å²) in [4.78, 5) is 39.3. The molecule has 0 aliphatic carbocycles. The van der Waals surface area contributed by atoms with Crippen LogP contribution in [0.3, 0.4) is 0 Å². The van der Waals surface area contributed by atoms with Gasteiger partial charge in [-0.05, 0) is 35.4 Å². The van der Waals surface area contributed by atoms with E-state index in [1.165, 1.54) is 0 Å². The third-order valence-electron chi connectivity index (χ3n) is 5.08. The lowest BCUT2D eigenvalue weighted by Gasteiger charge is -2.24. The van der Waals surface area contributed by atoms with Gasteiger partial charge in [0.05, 0.1) is 11.6 Å². The lowest BCUT2D eigenvalue weighted by Crippen LogP contribution is -2.41. The van der Waals surface area contributed by atoms with Gasteiger partial charge >= 0.3 is 6.03 Å². The summed E-state index contributed by atoms with van der Waals surface area (Å²) in [5.41, 5.74) is -0.279. The van der Waals surface area contributed by atoms with Crippen LogP contribution in [-0.2, 0) is 10.3 Å². The second kappa shape index (κ2) is 6.77. The minimum Gasteiger partial charge on any atom is -0.319 e. The Morgan fingerprint density at radius 1 is 1.00 bits per heavy atom. The maximum absolute atomic E-state index is 13.2. The third-order valence-corrected chi connectivity index (χ3v) is 5.41. The first-order valence-electron chi connectivity index (χ1n) is 8.82. The SMILES string of the molecule is C[C@]1(c2cccc3ccccc23)NC(=O)N(CC(=O)c2ccccc2Cl)C1=O. The number of amides is 3. The van der Waals surface area contributed by atoms with Crippen molar-refractivity contribution in [1.82, 2.24) is 10.2 Å². The molecule has 4 rings (SSSR count). The average molecular weight is 393 g/mol. The molecule has 140 valence electrons. The highest BCUT2D eigenvalue weighted by molar-refractivity contribution is 6.34. The first-order chi connectivity index (χ1) is 13.4. The van der Waals surface area contributed by atoms with Crippen molar-refractivity contribution in [3.8, 4) is 0 Å². The summed E-state index contributed by atoms with van der Waals surface area (Å²) in [7, 11) is 0. The fourth-order valence-corrected chi connectivity index (χ4v) is 3.84. The summed E-state index contributed by atoms with van der Waals surface area (Å²) in [5, 5.41) is 4.89. The highest BCUT2D eigenvalue weighted by Gasteiger charge is 2.50. The highest BCUT2D eigenvalue weighted by atomic mass is 35.5. The Hall–Kier alpha value is -3.18. The molecule has 0 unspecified atom stereocenters. The van der Waals surface area contributed by atoms with Crippen LogP contribution in [0.5, 0.6) is 0 Å². The van der Waals surface area contributed by atoms with E-state index in [1.54, 1.807) is 31.2 Å². The number of nitrogens with zero attached hydrogens (tertiary/aromatic N) is 1. The smallest absolute Gasteiger partial charge is 0.319 e. The van der Waals surface area contributed by atoms with Crippen LogP contribution in [0.1, 0.15) is 22.8 Å². The third kappa shape index (κ3) is 2.84. The van der Waals surface area contributed by atoms with Crippen molar-refractivity contribution < 1.29 is 14.4 Å². The molecular weight excluding hydrogens is 376 g/mol. The van der Waals surface area contributed by atoms with E-state index in [0.29, 0.717) is 5.56 Å². The van der Waals surface area contributed by atoms with Gasteiger partial charge in [-0.1, -0.05) is 66.2 Å². The Bertz CT molecular complexity index is 1120. The zero-order valence-electron chi connectivity index (χ0n) is 15.1. The van der Waals surface area contributed by atoms with Gasteiger partial charge in [-0.2, -0.15) is 0 Å². The fourth-order valence-electron chi connectivity index (χ4n) is 3.60. The van der Waals surface area contributed by atoms with Crippen LogP contribution in [0, 0.1) is 0 Å². The molecule has 3 aromatic rings. The number of Topliss-reactive ketones (excluding diaryl/α,β-unsaturated/α-hetero) is 1. The molecule has 1 aliphatic rings. The lowest BCUT2D eigenvalue weighted by molar-refractivity contribution is -0.130. The van der Waals surface area contributed by atoms with Gasteiger partial charge in [0.15, 0.2) is 5.78 Å². The van der Waals surface area contributed by atoms with Gasteiger partial charge in [-0.15, -0.1) is 0 Å². The first kappa shape index (κ1) is 18.2. The van der Waals surface area contributed by atoms with Crippen molar-refractivity contribution >= 4 is 40.1 Å². The van der Waals surface area contributed by atoms with Crippen LogP contribution in [-0.4, -0.2) is 29.2 Å². The summed E-state index contributed by atoms with van der Waals surface area (Å²) >= 11 is 6.07. The van der Waals surface area contributed by atoms with E-state index < -0.39 is 23.3 Å². The topological polar surface area (TPSA) is 66.5 Å². The minimum atomic E-state index is -1.25. The lowest BCUT2D eigenvalue weighted by atomic mass is 9.88. The number of carbonyl (C=O) groups is 3. The van der Waals surface area contributed by atoms with Gasteiger partial charge < -0.3 is 5.32 Å². The highest BCUT2D eigenvalue weighted by Crippen LogP contribution is 2.34. The second-order valence-corrected chi connectivity index (χ2v) is 7.28. The zero-order chi connectivity index (χ0) is 19.9. The number of fused-ring (bicyclic) bond motifs is 1. The summed E-state index contributed by atoms with van der Waals surface area (Å²) in [6, 6.07) is 19.2. The van der Waals surface area contributed by atoms with Crippen LogP contribution < -0.4 is 5.32 Å². The Balaban J connectivity index is 1.69. The molecule has 1 atom stereocenters. The van der Waals surface area contributed by atoms with Gasteiger partial charge in [0, 0.05) is 5.56 Å². The van der Waals surface area contributed by atoms with Crippen LogP contribution >= 0.6 is 11.6 Å². The maximum Gasteiger partial charge on any atom is 0.325 e. The molecule has 1 aliphatic heterocycles. The predicted octanol–water partition coefficient (Wildman–Crippen LogP) is 4.14. The predicted molar refractivity (Wildman–Crippen MR) is 107 cm³/mol. The molecule has 3 amide bonds. The van der Waals surface area contributed by atoms with Crippen molar-refractivity contribution in [1.29, 1.82) is 0 Å². The average Bonchev–Trinajstić information content (AvgIpc) is 2.91. The number of halogens is 1. The molecule has 1 heterocycles. The van der Waals surface area contributed by atoms with Gasteiger partial charge in [0.1, 0.15) is 5.54 Å². The van der Waals surface area contributed by atoms with E-state index in [2.05, 4.69) is 5.32 Å². The molecule has 1 fully saturated rings. The number of benzene rings is 3. The molecule has 6 heteroatoms. The van der Waals surface area contributed by atoms with E-state index in [1.807, 2.05) is 42.5 Å². The normalized spacial score (nSPS) is 19.1. The molecule has 0 saturated carbocycles. The van der Waals surface area contributed by atoms with Crippen LogP contribution in [0.25, 0.3) is 10.8 Å².